The number of amides is 1. The van der Waals surface area contributed by atoms with Crippen molar-refractivity contribution in [2.75, 3.05) is 12.4 Å². The number of pyridine rings is 1. The van der Waals surface area contributed by atoms with E-state index in [0.29, 0.717) is 33.7 Å². The minimum absolute atomic E-state index is 0.0177. The van der Waals surface area contributed by atoms with E-state index in [1.165, 1.54) is 36.3 Å². The maximum atomic E-state index is 13.2. The molecule has 0 aliphatic heterocycles. The Bertz CT molecular complexity index is 1190. The Hall–Kier alpha value is -2.23. The van der Waals surface area contributed by atoms with Gasteiger partial charge in [0.25, 0.3) is 9.05 Å². The summed E-state index contributed by atoms with van der Waals surface area (Å²) in [5.74, 6) is 0.375. The number of hydrogen-bond donors (Lipinski definition) is 1. The van der Waals surface area contributed by atoms with Gasteiger partial charge in [-0.15, -0.1) is 0 Å². The van der Waals surface area contributed by atoms with E-state index in [9.17, 15) is 13.2 Å². The fourth-order valence-corrected chi connectivity index (χ4v) is 5.60. The zero-order chi connectivity index (χ0) is 22.0. The lowest BCUT2D eigenvalue weighted by Gasteiger charge is -2.20. The Kier molecular flexibility index (Phi) is 6.45. The third-order valence-corrected chi connectivity index (χ3v) is 7.84. The van der Waals surface area contributed by atoms with Gasteiger partial charge in [0.1, 0.15) is 10.3 Å². The second kappa shape index (κ2) is 9.10. The van der Waals surface area contributed by atoms with Gasteiger partial charge in [-0.1, -0.05) is 49.2 Å². The van der Waals surface area contributed by atoms with Gasteiger partial charge in [-0.05, 0) is 36.1 Å². The van der Waals surface area contributed by atoms with E-state index < -0.39 is 15.0 Å². The molecule has 0 unspecified atom stereocenters. The number of hydrogen-bond acceptors (Lipinski definition) is 7. The summed E-state index contributed by atoms with van der Waals surface area (Å²) in [5.41, 5.74) is 1.44. The molecule has 7 nitrogen and oxygen atoms in total. The maximum Gasteiger partial charge on any atom is 0.261 e. The number of nitrogens with zero attached hydrogens (tertiary/aromatic N) is 2. The topological polar surface area (TPSA) is 98.2 Å². The van der Waals surface area contributed by atoms with E-state index in [0.717, 1.165) is 18.4 Å². The summed E-state index contributed by atoms with van der Waals surface area (Å²) in [7, 11) is 3.17. The van der Waals surface area contributed by atoms with Crippen molar-refractivity contribution in [2.24, 2.45) is 5.92 Å². The zero-order valence-electron chi connectivity index (χ0n) is 16.9. The number of nitrogens with one attached hydrogen (secondary N) is 1. The number of thiazole rings is 1. The molecule has 1 aliphatic carbocycles. The SMILES string of the molecule is COc1ccc2nc(NC(=O)[C@H](CC3CCCC3)c3ccc(S(=O)(=O)Cl)cc3)sc2n1. The highest BCUT2D eigenvalue weighted by atomic mass is 35.7. The first-order valence-corrected chi connectivity index (χ1v) is 13.1. The quantitative estimate of drug-likeness (QED) is 0.482. The molecule has 1 atom stereocenters. The van der Waals surface area contributed by atoms with Crippen LogP contribution in [0.5, 0.6) is 5.88 Å². The Balaban J connectivity index is 1.59. The summed E-state index contributed by atoms with van der Waals surface area (Å²) in [6.07, 6.45) is 5.25. The van der Waals surface area contributed by atoms with E-state index >= 15 is 0 Å². The van der Waals surface area contributed by atoms with Gasteiger partial charge in [-0.2, -0.15) is 0 Å². The summed E-state index contributed by atoms with van der Waals surface area (Å²) in [6.45, 7) is 0. The van der Waals surface area contributed by atoms with Crippen molar-refractivity contribution in [3.63, 3.8) is 0 Å². The molecule has 1 amide bonds. The number of anilines is 1. The number of halogens is 1. The predicted octanol–water partition coefficient (Wildman–Crippen LogP) is 4.93. The molecule has 1 N–H and O–H groups in total. The summed E-state index contributed by atoms with van der Waals surface area (Å²) in [6, 6.07) is 9.75. The van der Waals surface area contributed by atoms with Crippen LogP contribution in [0, 0.1) is 5.92 Å². The van der Waals surface area contributed by atoms with Crippen LogP contribution < -0.4 is 10.1 Å². The third kappa shape index (κ3) is 5.16. The smallest absolute Gasteiger partial charge is 0.261 e. The van der Waals surface area contributed by atoms with Crippen molar-refractivity contribution in [2.45, 2.75) is 42.9 Å². The van der Waals surface area contributed by atoms with Gasteiger partial charge in [0.2, 0.25) is 11.8 Å². The number of rotatable bonds is 7. The first-order valence-electron chi connectivity index (χ1n) is 10.0. The lowest BCUT2D eigenvalue weighted by Crippen LogP contribution is -2.23. The highest BCUT2D eigenvalue weighted by molar-refractivity contribution is 8.13. The molecule has 2 heterocycles. The molecule has 1 saturated carbocycles. The second-order valence-electron chi connectivity index (χ2n) is 7.63. The molecular formula is C21H22ClN3O4S2. The van der Waals surface area contributed by atoms with E-state index in [1.807, 2.05) is 0 Å². The third-order valence-electron chi connectivity index (χ3n) is 5.59. The predicted molar refractivity (Wildman–Crippen MR) is 121 cm³/mol. The van der Waals surface area contributed by atoms with Crippen LogP contribution in [0.3, 0.4) is 0 Å². The van der Waals surface area contributed by atoms with Crippen LogP contribution in [0.2, 0.25) is 0 Å². The normalized spacial score (nSPS) is 15.8. The standard InChI is InChI=1S/C21H22ClN3O4S2/c1-29-18-11-10-17-20(24-18)30-21(23-17)25-19(26)16(12-13-4-2-3-5-13)14-6-8-15(9-7-14)31(22,27)28/h6-11,13,16H,2-5,12H2,1H3,(H,23,25,26)/t16-/m1/s1. The van der Waals surface area contributed by atoms with Crippen molar-refractivity contribution in [1.82, 2.24) is 9.97 Å². The Morgan fingerprint density at radius 1 is 1.19 bits per heavy atom. The maximum absolute atomic E-state index is 13.2. The minimum Gasteiger partial charge on any atom is -0.481 e. The monoisotopic (exact) mass is 479 g/mol. The molecule has 0 bridgehead atoms. The van der Waals surface area contributed by atoms with Crippen molar-refractivity contribution in [3.05, 3.63) is 42.0 Å². The van der Waals surface area contributed by atoms with Crippen molar-refractivity contribution < 1.29 is 17.9 Å². The molecule has 1 aliphatic rings. The fourth-order valence-electron chi connectivity index (χ4n) is 4.00. The van der Waals surface area contributed by atoms with Crippen molar-refractivity contribution >= 4 is 52.5 Å². The molecule has 0 spiro atoms. The van der Waals surface area contributed by atoms with Gasteiger partial charge >= 0.3 is 0 Å². The van der Waals surface area contributed by atoms with Crippen LogP contribution in [-0.2, 0) is 13.8 Å². The van der Waals surface area contributed by atoms with Gasteiger partial charge < -0.3 is 10.1 Å². The number of carbonyl (C=O) groups excluding carboxylic acids is 1. The van der Waals surface area contributed by atoms with E-state index in [2.05, 4.69) is 15.3 Å². The van der Waals surface area contributed by atoms with Crippen LogP contribution in [0.1, 0.15) is 43.6 Å². The second-order valence-corrected chi connectivity index (χ2v) is 11.2. The van der Waals surface area contributed by atoms with Gasteiger partial charge in [0.15, 0.2) is 5.13 Å². The van der Waals surface area contributed by atoms with Crippen LogP contribution in [0.4, 0.5) is 5.13 Å². The summed E-state index contributed by atoms with van der Waals surface area (Å²) in [5, 5.41) is 3.40. The number of carbonyl (C=O) groups is 1. The first kappa shape index (κ1) is 22.0. The molecule has 0 saturated heterocycles. The average molecular weight is 480 g/mol. The summed E-state index contributed by atoms with van der Waals surface area (Å²) in [4.78, 5) is 22.8. The summed E-state index contributed by atoms with van der Waals surface area (Å²) >= 11 is 1.29. The van der Waals surface area contributed by atoms with E-state index in [4.69, 9.17) is 15.4 Å². The molecule has 10 heteroatoms. The molecule has 1 fully saturated rings. The Labute approximate surface area is 189 Å². The summed E-state index contributed by atoms with van der Waals surface area (Å²) < 4.78 is 28.3. The highest BCUT2D eigenvalue weighted by Gasteiger charge is 2.28. The van der Waals surface area contributed by atoms with Gasteiger partial charge in [-0.25, -0.2) is 18.4 Å². The van der Waals surface area contributed by atoms with Crippen molar-refractivity contribution in [3.8, 4) is 5.88 Å². The van der Waals surface area contributed by atoms with Crippen LogP contribution in [0.15, 0.2) is 41.3 Å². The van der Waals surface area contributed by atoms with E-state index in [-0.39, 0.29) is 10.8 Å². The molecule has 1 aromatic carbocycles. The molecule has 3 aromatic rings. The number of benzene rings is 1. The minimum atomic E-state index is -3.81. The highest BCUT2D eigenvalue weighted by Crippen LogP contribution is 2.36. The zero-order valence-corrected chi connectivity index (χ0v) is 19.3. The molecular weight excluding hydrogens is 458 g/mol. The van der Waals surface area contributed by atoms with Crippen molar-refractivity contribution in [1.29, 1.82) is 0 Å². The molecule has 164 valence electrons. The Morgan fingerprint density at radius 2 is 1.90 bits per heavy atom. The van der Waals surface area contributed by atoms with Crippen LogP contribution in [0.25, 0.3) is 10.3 Å². The average Bonchev–Trinajstić information content (AvgIpc) is 3.40. The molecule has 4 rings (SSSR count). The van der Waals surface area contributed by atoms with E-state index in [1.54, 1.807) is 31.4 Å². The Morgan fingerprint density at radius 3 is 2.55 bits per heavy atom. The number of fused-ring (bicyclic) bond motifs is 1. The molecule has 0 radical (unpaired) electrons. The molecule has 31 heavy (non-hydrogen) atoms. The fraction of sp³-hybridized carbons (Fsp3) is 0.381. The van der Waals surface area contributed by atoms with Gasteiger partial charge in [0.05, 0.1) is 17.9 Å². The number of methoxy groups -OCH3 is 1. The lowest BCUT2D eigenvalue weighted by molar-refractivity contribution is -0.118. The number of ether oxygens (including phenoxy) is 1. The van der Waals surface area contributed by atoms with Crippen LogP contribution >= 0.6 is 22.0 Å². The van der Waals surface area contributed by atoms with Crippen LogP contribution in [-0.4, -0.2) is 31.4 Å². The lowest BCUT2D eigenvalue weighted by atomic mass is 9.87. The number of aromatic nitrogens is 2. The van der Waals surface area contributed by atoms with Gasteiger partial charge in [0, 0.05) is 16.7 Å². The molecule has 2 aromatic heterocycles. The first-order chi connectivity index (χ1) is 14.8. The largest absolute Gasteiger partial charge is 0.481 e. The van der Waals surface area contributed by atoms with Gasteiger partial charge in [-0.3, -0.25) is 4.79 Å².